The van der Waals surface area contributed by atoms with E-state index in [-0.39, 0.29) is 29.8 Å². The highest BCUT2D eigenvalue weighted by Gasteiger charge is 2.33. The van der Waals surface area contributed by atoms with E-state index in [1.54, 1.807) is 19.1 Å². The topological polar surface area (TPSA) is 119 Å². The van der Waals surface area contributed by atoms with E-state index in [4.69, 9.17) is 20.0 Å². The number of fused-ring (bicyclic) bond motifs is 1. The summed E-state index contributed by atoms with van der Waals surface area (Å²) in [5.74, 6) is -0.364. The van der Waals surface area contributed by atoms with Gasteiger partial charge in [-0.1, -0.05) is 0 Å². The van der Waals surface area contributed by atoms with Crippen LogP contribution in [-0.2, 0) is 11.3 Å². The highest BCUT2D eigenvalue weighted by atomic mass is 16.5. The van der Waals surface area contributed by atoms with Gasteiger partial charge in [0.1, 0.15) is 11.6 Å². The van der Waals surface area contributed by atoms with E-state index < -0.39 is 12.1 Å². The number of aromatic carboxylic acids is 1. The highest BCUT2D eigenvalue weighted by molar-refractivity contribution is 5.98. The molecule has 0 aromatic carbocycles. The summed E-state index contributed by atoms with van der Waals surface area (Å²) >= 11 is 0. The number of furan rings is 1. The van der Waals surface area contributed by atoms with Crippen LogP contribution in [0, 0.1) is 0 Å². The molecular formula is C14H13N3O5. The molecule has 0 radical (unpaired) electrons. The molecule has 1 aliphatic rings. The Hall–Kier alpha value is -3.03. The van der Waals surface area contributed by atoms with Gasteiger partial charge in [-0.25, -0.2) is 9.78 Å². The molecule has 2 aromatic rings. The van der Waals surface area contributed by atoms with Crippen molar-refractivity contribution >= 4 is 23.5 Å². The van der Waals surface area contributed by atoms with Crippen molar-refractivity contribution in [3.05, 3.63) is 35.8 Å². The maximum absolute atomic E-state index is 12.3. The van der Waals surface area contributed by atoms with Crippen molar-refractivity contribution in [2.75, 3.05) is 10.6 Å². The second-order valence-corrected chi connectivity index (χ2v) is 4.81. The Bertz CT molecular complexity index is 755. The number of carbonyl (C=O) groups excluding carboxylic acids is 1. The number of nitrogen functional groups attached to an aromatic ring is 1. The summed E-state index contributed by atoms with van der Waals surface area (Å²) < 4.78 is 10.7. The van der Waals surface area contributed by atoms with Gasteiger partial charge < -0.3 is 20.0 Å². The Morgan fingerprint density at radius 1 is 1.41 bits per heavy atom. The zero-order valence-electron chi connectivity index (χ0n) is 11.6. The monoisotopic (exact) mass is 303 g/mol. The fourth-order valence-electron chi connectivity index (χ4n) is 2.19. The summed E-state index contributed by atoms with van der Waals surface area (Å²) in [4.78, 5) is 28.6. The summed E-state index contributed by atoms with van der Waals surface area (Å²) in [6, 6.07) is 6.05. The molecule has 0 saturated heterocycles. The first kappa shape index (κ1) is 13.9. The van der Waals surface area contributed by atoms with Crippen LogP contribution >= 0.6 is 0 Å². The number of carboxylic acid groups (broad SMARTS) is 1. The van der Waals surface area contributed by atoms with Gasteiger partial charge in [-0.3, -0.25) is 9.69 Å². The van der Waals surface area contributed by atoms with Gasteiger partial charge in [0.15, 0.2) is 17.7 Å². The molecule has 2 aromatic heterocycles. The molecule has 8 nitrogen and oxygen atoms in total. The minimum absolute atomic E-state index is 0.0449. The molecule has 3 rings (SSSR count). The van der Waals surface area contributed by atoms with Gasteiger partial charge in [-0.2, -0.15) is 0 Å². The van der Waals surface area contributed by atoms with E-state index in [1.165, 1.54) is 17.0 Å². The van der Waals surface area contributed by atoms with Crippen molar-refractivity contribution in [1.82, 2.24) is 4.98 Å². The molecule has 3 heterocycles. The summed E-state index contributed by atoms with van der Waals surface area (Å²) in [7, 11) is 0. The Morgan fingerprint density at radius 2 is 2.18 bits per heavy atom. The second-order valence-electron chi connectivity index (χ2n) is 4.81. The van der Waals surface area contributed by atoms with Crippen LogP contribution in [0.1, 0.15) is 23.2 Å². The van der Waals surface area contributed by atoms with E-state index in [2.05, 4.69) is 4.98 Å². The number of nitrogens with zero attached hydrogens (tertiary/aromatic N) is 2. The van der Waals surface area contributed by atoms with Gasteiger partial charge in [0.2, 0.25) is 5.76 Å². The number of anilines is 2. The van der Waals surface area contributed by atoms with E-state index in [0.29, 0.717) is 11.5 Å². The predicted molar refractivity (Wildman–Crippen MR) is 75.6 cm³/mol. The van der Waals surface area contributed by atoms with E-state index >= 15 is 0 Å². The van der Waals surface area contributed by atoms with Crippen LogP contribution in [0.15, 0.2) is 28.7 Å². The number of pyridine rings is 1. The molecule has 1 aliphatic heterocycles. The number of rotatable bonds is 3. The minimum Gasteiger partial charge on any atom is -0.477 e. The van der Waals surface area contributed by atoms with Gasteiger partial charge in [0.25, 0.3) is 5.91 Å². The van der Waals surface area contributed by atoms with Gasteiger partial charge in [0, 0.05) is 0 Å². The number of hydrogen-bond donors (Lipinski definition) is 2. The predicted octanol–water partition coefficient (Wildman–Crippen LogP) is 1.27. The standard InChI is InChI=1S/C14H13N3O5/c1-7-13(18)17(6-8-2-3-10(22-8)14(19)20)12-9(21-7)4-5-11(15)16-12/h2-5,7H,6H2,1H3,(H2,15,16)(H,19,20). The first-order valence-corrected chi connectivity index (χ1v) is 6.52. The Kier molecular flexibility index (Phi) is 3.21. The van der Waals surface area contributed by atoms with Gasteiger partial charge in [-0.05, 0) is 31.2 Å². The molecule has 0 fully saturated rings. The summed E-state index contributed by atoms with van der Waals surface area (Å²) in [6.45, 7) is 1.67. The molecule has 0 aliphatic carbocycles. The SMILES string of the molecule is CC1Oc2ccc(N)nc2N(Cc2ccc(C(=O)O)o2)C1=O. The van der Waals surface area contributed by atoms with Crippen molar-refractivity contribution in [2.45, 2.75) is 19.6 Å². The molecule has 22 heavy (non-hydrogen) atoms. The number of ether oxygens (including phenoxy) is 1. The van der Waals surface area contributed by atoms with Gasteiger partial charge in [-0.15, -0.1) is 0 Å². The number of nitrogens with two attached hydrogens (primary N) is 1. The molecule has 0 bridgehead atoms. The van der Waals surface area contributed by atoms with Crippen molar-refractivity contribution in [2.24, 2.45) is 0 Å². The first-order valence-electron chi connectivity index (χ1n) is 6.52. The zero-order chi connectivity index (χ0) is 15.9. The molecule has 0 spiro atoms. The number of carbonyl (C=O) groups is 2. The molecule has 1 unspecified atom stereocenters. The van der Waals surface area contributed by atoms with Crippen LogP contribution in [0.25, 0.3) is 0 Å². The fraction of sp³-hybridized carbons (Fsp3) is 0.214. The largest absolute Gasteiger partial charge is 0.477 e. The lowest BCUT2D eigenvalue weighted by molar-refractivity contribution is -0.125. The van der Waals surface area contributed by atoms with Crippen molar-refractivity contribution in [3.8, 4) is 5.75 Å². The smallest absolute Gasteiger partial charge is 0.371 e. The van der Waals surface area contributed by atoms with Gasteiger partial charge >= 0.3 is 5.97 Å². The average Bonchev–Trinajstić information content (AvgIpc) is 2.93. The van der Waals surface area contributed by atoms with E-state index in [9.17, 15) is 9.59 Å². The third-order valence-electron chi connectivity index (χ3n) is 3.22. The molecule has 1 amide bonds. The van der Waals surface area contributed by atoms with Crippen LogP contribution in [0.4, 0.5) is 11.6 Å². The molecule has 1 atom stereocenters. The third-order valence-corrected chi connectivity index (χ3v) is 3.22. The van der Waals surface area contributed by atoms with E-state index in [1.807, 2.05) is 0 Å². The number of amides is 1. The first-order chi connectivity index (χ1) is 10.5. The Morgan fingerprint density at radius 3 is 2.86 bits per heavy atom. The molecule has 3 N–H and O–H groups in total. The number of carboxylic acids is 1. The molecular weight excluding hydrogens is 290 g/mol. The fourth-order valence-corrected chi connectivity index (χ4v) is 2.19. The Balaban J connectivity index is 1.96. The van der Waals surface area contributed by atoms with Crippen LogP contribution in [0.5, 0.6) is 5.75 Å². The number of hydrogen-bond acceptors (Lipinski definition) is 6. The van der Waals surface area contributed by atoms with Crippen LogP contribution in [-0.4, -0.2) is 28.1 Å². The lowest BCUT2D eigenvalue weighted by Gasteiger charge is -2.31. The molecule has 0 saturated carbocycles. The average molecular weight is 303 g/mol. The van der Waals surface area contributed by atoms with Crippen molar-refractivity contribution in [3.63, 3.8) is 0 Å². The zero-order valence-corrected chi connectivity index (χ0v) is 11.6. The summed E-state index contributed by atoms with van der Waals surface area (Å²) in [5.41, 5.74) is 5.66. The second kappa shape index (κ2) is 5.06. The molecule has 8 heteroatoms. The Labute approximate surface area is 125 Å². The summed E-state index contributed by atoms with van der Waals surface area (Å²) in [5, 5.41) is 8.87. The molecule has 114 valence electrons. The number of aromatic nitrogens is 1. The van der Waals surface area contributed by atoms with Crippen LogP contribution in [0.3, 0.4) is 0 Å². The normalized spacial score (nSPS) is 17.0. The maximum atomic E-state index is 12.3. The van der Waals surface area contributed by atoms with Crippen molar-refractivity contribution in [1.29, 1.82) is 0 Å². The minimum atomic E-state index is -1.17. The third kappa shape index (κ3) is 2.34. The van der Waals surface area contributed by atoms with Crippen LogP contribution in [0.2, 0.25) is 0 Å². The van der Waals surface area contributed by atoms with Crippen molar-refractivity contribution < 1.29 is 23.8 Å². The van der Waals surface area contributed by atoms with E-state index in [0.717, 1.165) is 0 Å². The quantitative estimate of drug-likeness (QED) is 0.876. The van der Waals surface area contributed by atoms with Gasteiger partial charge in [0.05, 0.1) is 6.54 Å². The highest BCUT2D eigenvalue weighted by Crippen LogP contribution is 2.34. The summed E-state index contributed by atoms with van der Waals surface area (Å²) in [6.07, 6.45) is -0.674. The maximum Gasteiger partial charge on any atom is 0.371 e. The van der Waals surface area contributed by atoms with Crippen LogP contribution < -0.4 is 15.4 Å². The lowest BCUT2D eigenvalue weighted by Crippen LogP contribution is -2.44. The lowest BCUT2D eigenvalue weighted by atomic mass is 10.2.